The van der Waals surface area contributed by atoms with Crippen LogP contribution in [0.5, 0.6) is 0 Å². The normalized spacial score (nSPS) is 18.6. The predicted molar refractivity (Wildman–Crippen MR) is 43.6 cm³/mol. The van der Waals surface area contributed by atoms with Gasteiger partial charge in [-0.1, -0.05) is 0 Å². The monoisotopic (exact) mass is 179 g/mol. The fraction of sp³-hybridized carbons (Fsp3) is 0.500. The zero-order chi connectivity index (χ0) is 10.1. The number of methoxy groups -OCH3 is 1. The second kappa shape index (κ2) is 2.98. The molecule has 0 aromatic heterocycles. The summed E-state index contributed by atoms with van der Waals surface area (Å²) in [6.07, 6.45) is 0. The van der Waals surface area contributed by atoms with E-state index in [0.717, 1.165) is 0 Å². The summed E-state index contributed by atoms with van der Waals surface area (Å²) in [4.78, 5) is 11.2. The highest BCUT2D eigenvalue weighted by molar-refractivity contribution is 5.93. The van der Waals surface area contributed by atoms with Gasteiger partial charge >= 0.3 is 5.97 Å². The van der Waals surface area contributed by atoms with Gasteiger partial charge in [0.1, 0.15) is 17.2 Å². The first-order chi connectivity index (χ1) is 6.03. The molecular formula is C8H9N3O2. The summed E-state index contributed by atoms with van der Waals surface area (Å²) in [5.74, 6) is -0.549. The summed E-state index contributed by atoms with van der Waals surface area (Å²) in [5.41, 5.74) is -0.493. The van der Waals surface area contributed by atoms with Crippen LogP contribution in [-0.2, 0) is 9.53 Å². The van der Waals surface area contributed by atoms with Gasteiger partial charge in [0.05, 0.1) is 7.11 Å². The number of allylic oxidation sites excluding steroid dienone is 1. The lowest BCUT2D eigenvalue weighted by molar-refractivity contribution is -0.136. The van der Waals surface area contributed by atoms with E-state index in [1.165, 1.54) is 7.11 Å². The molecule has 0 spiro atoms. The van der Waals surface area contributed by atoms with Gasteiger partial charge in [-0.3, -0.25) is 0 Å². The third-order valence-electron chi connectivity index (χ3n) is 1.74. The molecule has 0 saturated carbocycles. The summed E-state index contributed by atoms with van der Waals surface area (Å²) >= 11 is 0. The number of carbonyl (C=O) groups is 1. The number of ether oxygens (including phenoxy) is 1. The SMILES string of the molecule is COC(=O)C1=C(C#N)N=NC1(C)C. The Labute approximate surface area is 75.7 Å². The Morgan fingerprint density at radius 1 is 1.62 bits per heavy atom. The minimum absolute atomic E-state index is 0.0388. The molecule has 68 valence electrons. The van der Waals surface area contributed by atoms with Crippen LogP contribution in [0, 0.1) is 11.3 Å². The van der Waals surface area contributed by atoms with Crippen molar-refractivity contribution in [2.75, 3.05) is 7.11 Å². The van der Waals surface area contributed by atoms with E-state index in [4.69, 9.17) is 5.26 Å². The van der Waals surface area contributed by atoms with Gasteiger partial charge < -0.3 is 4.74 Å². The van der Waals surface area contributed by atoms with E-state index < -0.39 is 11.5 Å². The molecule has 0 atom stereocenters. The van der Waals surface area contributed by atoms with Crippen molar-refractivity contribution in [3.05, 3.63) is 11.3 Å². The lowest BCUT2D eigenvalue weighted by Gasteiger charge is -2.14. The molecule has 0 aromatic rings. The number of azo groups is 1. The molecule has 5 nitrogen and oxygen atoms in total. The van der Waals surface area contributed by atoms with Crippen molar-refractivity contribution in [1.82, 2.24) is 0 Å². The van der Waals surface area contributed by atoms with Crippen LogP contribution < -0.4 is 0 Å². The highest BCUT2D eigenvalue weighted by Crippen LogP contribution is 2.31. The number of carbonyl (C=O) groups excluding carboxylic acids is 1. The van der Waals surface area contributed by atoms with Gasteiger partial charge in [-0.05, 0) is 13.8 Å². The van der Waals surface area contributed by atoms with Crippen LogP contribution in [0.3, 0.4) is 0 Å². The van der Waals surface area contributed by atoms with E-state index in [1.54, 1.807) is 19.9 Å². The number of hydrogen-bond acceptors (Lipinski definition) is 5. The van der Waals surface area contributed by atoms with Crippen LogP contribution in [0.4, 0.5) is 0 Å². The third-order valence-corrected chi connectivity index (χ3v) is 1.74. The Bertz CT molecular complexity index is 347. The Kier molecular flexibility index (Phi) is 2.15. The molecule has 0 aliphatic carbocycles. The molecule has 0 fully saturated rings. The molecule has 0 radical (unpaired) electrons. The van der Waals surface area contributed by atoms with Crippen LogP contribution in [-0.4, -0.2) is 18.6 Å². The molecule has 13 heavy (non-hydrogen) atoms. The number of esters is 1. The summed E-state index contributed by atoms with van der Waals surface area (Å²) in [5, 5.41) is 16.0. The predicted octanol–water partition coefficient (Wildman–Crippen LogP) is 1.18. The van der Waals surface area contributed by atoms with Crippen molar-refractivity contribution in [1.29, 1.82) is 5.26 Å². The van der Waals surface area contributed by atoms with E-state index in [-0.39, 0.29) is 11.3 Å². The van der Waals surface area contributed by atoms with Crippen molar-refractivity contribution in [3.8, 4) is 6.07 Å². The van der Waals surface area contributed by atoms with Crippen molar-refractivity contribution >= 4 is 5.97 Å². The summed E-state index contributed by atoms with van der Waals surface area (Å²) in [7, 11) is 1.26. The fourth-order valence-corrected chi connectivity index (χ4v) is 1.09. The molecular weight excluding hydrogens is 170 g/mol. The maximum Gasteiger partial charge on any atom is 0.339 e. The van der Waals surface area contributed by atoms with Crippen LogP contribution in [0.25, 0.3) is 0 Å². The Balaban J connectivity index is 3.19. The largest absolute Gasteiger partial charge is 0.466 e. The van der Waals surface area contributed by atoms with Crippen molar-refractivity contribution in [2.45, 2.75) is 19.4 Å². The van der Waals surface area contributed by atoms with Gasteiger partial charge in [0, 0.05) is 0 Å². The standard InChI is InChI=1S/C8H9N3O2/c1-8(2)6(7(12)13-3)5(4-9)10-11-8/h1-3H3. The molecule has 0 saturated heterocycles. The molecule has 0 amide bonds. The molecule has 0 N–H and O–H groups in total. The summed E-state index contributed by atoms with van der Waals surface area (Å²) in [6, 6.07) is 1.80. The maximum absolute atomic E-state index is 11.2. The first-order valence-electron chi connectivity index (χ1n) is 3.69. The van der Waals surface area contributed by atoms with E-state index in [2.05, 4.69) is 15.0 Å². The molecule has 1 rings (SSSR count). The fourth-order valence-electron chi connectivity index (χ4n) is 1.09. The lowest BCUT2D eigenvalue weighted by Crippen LogP contribution is -2.24. The van der Waals surface area contributed by atoms with E-state index >= 15 is 0 Å². The second-order valence-corrected chi connectivity index (χ2v) is 3.09. The van der Waals surface area contributed by atoms with Crippen LogP contribution in [0.15, 0.2) is 21.5 Å². The summed E-state index contributed by atoms with van der Waals surface area (Å²) < 4.78 is 4.53. The molecule has 0 aromatic carbocycles. The Morgan fingerprint density at radius 2 is 2.23 bits per heavy atom. The average molecular weight is 179 g/mol. The average Bonchev–Trinajstić information content (AvgIpc) is 2.39. The lowest BCUT2D eigenvalue weighted by atomic mass is 9.95. The van der Waals surface area contributed by atoms with Gasteiger partial charge in [0.25, 0.3) is 0 Å². The first kappa shape index (κ1) is 9.39. The van der Waals surface area contributed by atoms with E-state index in [9.17, 15) is 4.79 Å². The smallest absolute Gasteiger partial charge is 0.339 e. The van der Waals surface area contributed by atoms with Gasteiger partial charge in [-0.15, -0.1) is 5.11 Å². The molecule has 0 unspecified atom stereocenters. The number of hydrogen-bond donors (Lipinski definition) is 0. The summed E-state index contributed by atoms with van der Waals surface area (Å²) in [6.45, 7) is 3.40. The molecule has 1 aliphatic rings. The Hall–Kier alpha value is -1.70. The minimum atomic E-state index is -0.752. The minimum Gasteiger partial charge on any atom is -0.466 e. The quantitative estimate of drug-likeness (QED) is 0.567. The highest BCUT2D eigenvalue weighted by Gasteiger charge is 2.37. The third kappa shape index (κ3) is 1.43. The zero-order valence-corrected chi connectivity index (χ0v) is 7.66. The molecule has 1 heterocycles. The maximum atomic E-state index is 11.2. The van der Waals surface area contributed by atoms with Crippen LogP contribution in [0.2, 0.25) is 0 Å². The van der Waals surface area contributed by atoms with Crippen molar-refractivity contribution < 1.29 is 9.53 Å². The second-order valence-electron chi connectivity index (χ2n) is 3.09. The molecule has 1 aliphatic heterocycles. The molecule has 0 bridgehead atoms. The van der Waals surface area contributed by atoms with Gasteiger partial charge in [-0.2, -0.15) is 10.4 Å². The number of rotatable bonds is 1. The van der Waals surface area contributed by atoms with Crippen LogP contribution in [0.1, 0.15) is 13.8 Å². The van der Waals surface area contributed by atoms with Crippen LogP contribution >= 0.6 is 0 Å². The van der Waals surface area contributed by atoms with Gasteiger partial charge in [0.15, 0.2) is 5.70 Å². The van der Waals surface area contributed by atoms with E-state index in [1.807, 2.05) is 0 Å². The van der Waals surface area contributed by atoms with Crippen molar-refractivity contribution in [2.24, 2.45) is 10.2 Å². The number of nitrogens with zero attached hydrogens (tertiary/aromatic N) is 3. The van der Waals surface area contributed by atoms with Gasteiger partial charge in [-0.25, -0.2) is 4.79 Å². The topological polar surface area (TPSA) is 74.8 Å². The number of nitriles is 1. The van der Waals surface area contributed by atoms with E-state index in [0.29, 0.717) is 0 Å². The van der Waals surface area contributed by atoms with Crippen molar-refractivity contribution in [3.63, 3.8) is 0 Å². The molecule has 5 heteroatoms. The van der Waals surface area contributed by atoms with Gasteiger partial charge in [0.2, 0.25) is 0 Å². The highest BCUT2D eigenvalue weighted by atomic mass is 16.5. The first-order valence-corrected chi connectivity index (χ1v) is 3.69. The Morgan fingerprint density at radius 3 is 2.69 bits per heavy atom. The zero-order valence-electron chi connectivity index (χ0n) is 7.66.